The number of benzene rings is 1. The van der Waals surface area contributed by atoms with Crippen molar-refractivity contribution in [3.05, 3.63) is 64.3 Å². The van der Waals surface area contributed by atoms with E-state index in [9.17, 15) is 9.90 Å². The predicted molar refractivity (Wildman–Crippen MR) is 128 cm³/mol. The number of carbonyl (C=O) groups is 1. The van der Waals surface area contributed by atoms with E-state index < -0.39 is 5.97 Å². The molecule has 0 saturated carbocycles. The second kappa shape index (κ2) is 11.0. The van der Waals surface area contributed by atoms with Gasteiger partial charge in [-0.25, -0.2) is 4.79 Å². The standard InChI is InChI=1S/C27H36O4/c1-19(11-7-13-21(3)26(29)30)9-6-10-20(2)12-8-15-27(5)16-14-23-18-24(28)17-22(4)25(23)31-27/h9,12-14,16-18,28H,6-8,10-11,15H2,1-5H3,(H,29,30). The van der Waals surface area contributed by atoms with E-state index in [1.54, 1.807) is 25.1 Å². The van der Waals surface area contributed by atoms with Crippen LogP contribution in [0.25, 0.3) is 6.08 Å². The lowest BCUT2D eigenvalue weighted by Crippen LogP contribution is -2.32. The average Bonchev–Trinajstić information content (AvgIpc) is 2.68. The Labute approximate surface area is 186 Å². The predicted octanol–water partition coefficient (Wildman–Crippen LogP) is 7.13. The summed E-state index contributed by atoms with van der Waals surface area (Å²) in [6.45, 7) is 9.98. The number of aryl methyl sites for hydroxylation is 1. The molecule has 1 heterocycles. The van der Waals surface area contributed by atoms with Crippen LogP contribution in [-0.2, 0) is 4.79 Å². The van der Waals surface area contributed by atoms with Crippen LogP contribution in [0.4, 0.5) is 0 Å². The van der Waals surface area contributed by atoms with Crippen LogP contribution in [0.5, 0.6) is 11.5 Å². The van der Waals surface area contributed by atoms with Gasteiger partial charge >= 0.3 is 5.97 Å². The molecule has 0 aromatic heterocycles. The lowest BCUT2D eigenvalue weighted by atomic mass is 9.93. The molecule has 0 amide bonds. The first kappa shape index (κ1) is 24.5. The van der Waals surface area contributed by atoms with Crippen molar-refractivity contribution in [1.82, 2.24) is 0 Å². The smallest absolute Gasteiger partial charge is 0.330 e. The molecule has 0 saturated heterocycles. The van der Waals surface area contributed by atoms with Crippen LogP contribution in [-0.4, -0.2) is 21.8 Å². The van der Waals surface area contributed by atoms with Gasteiger partial charge in [-0.2, -0.15) is 0 Å². The Morgan fingerprint density at radius 2 is 1.65 bits per heavy atom. The van der Waals surface area contributed by atoms with Crippen molar-refractivity contribution in [3.8, 4) is 11.5 Å². The Morgan fingerprint density at radius 1 is 1.03 bits per heavy atom. The Hall–Kier alpha value is -2.75. The minimum absolute atomic E-state index is 0.266. The zero-order chi connectivity index (χ0) is 23.0. The Balaban J connectivity index is 1.79. The third-order valence-electron chi connectivity index (χ3n) is 5.73. The molecule has 1 aliphatic heterocycles. The third-order valence-corrected chi connectivity index (χ3v) is 5.73. The zero-order valence-electron chi connectivity index (χ0n) is 19.5. The third kappa shape index (κ3) is 7.78. The maximum atomic E-state index is 10.8. The van der Waals surface area contributed by atoms with E-state index in [0.29, 0.717) is 5.57 Å². The van der Waals surface area contributed by atoms with Crippen LogP contribution < -0.4 is 4.74 Å². The summed E-state index contributed by atoms with van der Waals surface area (Å²) in [5.74, 6) is 0.282. The second-order valence-corrected chi connectivity index (χ2v) is 8.84. The summed E-state index contributed by atoms with van der Waals surface area (Å²) in [7, 11) is 0. The van der Waals surface area contributed by atoms with Crippen LogP contribution in [0, 0.1) is 6.92 Å². The summed E-state index contributed by atoms with van der Waals surface area (Å²) in [5.41, 5.74) is 4.62. The highest BCUT2D eigenvalue weighted by atomic mass is 16.5. The number of carboxylic acids is 1. The largest absolute Gasteiger partial charge is 0.508 e. The summed E-state index contributed by atoms with van der Waals surface area (Å²) in [6, 6.07) is 3.48. The first-order chi connectivity index (χ1) is 14.6. The van der Waals surface area contributed by atoms with E-state index in [1.165, 1.54) is 11.1 Å². The zero-order valence-corrected chi connectivity index (χ0v) is 19.5. The molecule has 31 heavy (non-hydrogen) atoms. The minimum Gasteiger partial charge on any atom is -0.508 e. The average molecular weight is 425 g/mol. The Morgan fingerprint density at radius 3 is 2.29 bits per heavy atom. The highest BCUT2D eigenvalue weighted by molar-refractivity contribution is 5.85. The number of phenols is 1. The van der Waals surface area contributed by atoms with Crippen molar-refractivity contribution in [3.63, 3.8) is 0 Å². The van der Waals surface area contributed by atoms with Crippen molar-refractivity contribution in [1.29, 1.82) is 0 Å². The SMILES string of the molecule is CC(=CCCC(C)=CCCC1(C)C=Cc2cc(O)cc(C)c2O1)CCC=C(C)C(=O)O. The molecule has 4 heteroatoms. The van der Waals surface area contributed by atoms with E-state index in [2.05, 4.69) is 39.0 Å². The molecule has 4 nitrogen and oxygen atoms in total. The van der Waals surface area contributed by atoms with Gasteiger partial charge in [-0.05, 0) is 96.9 Å². The molecule has 0 fully saturated rings. The fraction of sp³-hybridized carbons (Fsp3) is 0.444. The topological polar surface area (TPSA) is 66.8 Å². The number of rotatable bonds is 10. The van der Waals surface area contributed by atoms with Crippen molar-refractivity contribution in [2.45, 2.75) is 78.7 Å². The van der Waals surface area contributed by atoms with Gasteiger partial charge in [0.25, 0.3) is 0 Å². The lowest BCUT2D eigenvalue weighted by molar-refractivity contribution is -0.132. The van der Waals surface area contributed by atoms with E-state index in [-0.39, 0.29) is 11.4 Å². The first-order valence-electron chi connectivity index (χ1n) is 11.0. The molecule has 0 radical (unpaired) electrons. The van der Waals surface area contributed by atoms with Gasteiger partial charge < -0.3 is 14.9 Å². The molecule has 0 spiro atoms. The van der Waals surface area contributed by atoms with E-state index >= 15 is 0 Å². The molecular weight excluding hydrogens is 388 g/mol. The van der Waals surface area contributed by atoms with E-state index in [4.69, 9.17) is 9.84 Å². The maximum Gasteiger partial charge on any atom is 0.330 e. The lowest BCUT2D eigenvalue weighted by Gasteiger charge is -2.32. The van der Waals surface area contributed by atoms with Gasteiger partial charge in [-0.15, -0.1) is 0 Å². The normalized spacial score (nSPS) is 19.2. The molecule has 1 aromatic carbocycles. The Bertz CT molecular complexity index is 917. The number of aromatic hydroxyl groups is 1. The van der Waals surface area contributed by atoms with E-state index in [0.717, 1.165) is 55.4 Å². The number of aliphatic carboxylic acids is 1. The molecule has 2 rings (SSSR count). The summed E-state index contributed by atoms with van der Waals surface area (Å²) in [4.78, 5) is 10.8. The van der Waals surface area contributed by atoms with Gasteiger partial charge in [0.05, 0.1) is 0 Å². The highest BCUT2D eigenvalue weighted by Gasteiger charge is 2.27. The van der Waals surface area contributed by atoms with Gasteiger partial charge in [0.15, 0.2) is 0 Å². The molecule has 2 N–H and O–H groups in total. The summed E-state index contributed by atoms with van der Waals surface area (Å²) < 4.78 is 6.29. The number of ether oxygens (including phenoxy) is 1. The van der Waals surface area contributed by atoms with Gasteiger partial charge in [-0.1, -0.05) is 35.5 Å². The summed E-state index contributed by atoms with van der Waals surface area (Å²) in [6.07, 6.45) is 16.0. The van der Waals surface area contributed by atoms with Crippen LogP contribution in [0.1, 0.15) is 77.3 Å². The fourth-order valence-corrected chi connectivity index (χ4v) is 3.67. The second-order valence-electron chi connectivity index (χ2n) is 8.84. The van der Waals surface area contributed by atoms with Gasteiger partial charge in [0.2, 0.25) is 0 Å². The van der Waals surface area contributed by atoms with Gasteiger partial charge in [-0.3, -0.25) is 0 Å². The summed E-state index contributed by atoms with van der Waals surface area (Å²) in [5, 5.41) is 18.6. The number of carboxylic acid groups (broad SMARTS) is 1. The fourth-order valence-electron chi connectivity index (χ4n) is 3.67. The number of fused-ring (bicyclic) bond motifs is 1. The first-order valence-corrected chi connectivity index (χ1v) is 11.0. The van der Waals surface area contributed by atoms with Crippen molar-refractivity contribution < 1.29 is 19.7 Å². The molecule has 168 valence electrons. The summed E-state index contributed by atoms with van der Waals surface area (Å²) >= 11 is 0. The number of hydrogen-bond acceptors (Lipinski definition) is 3. The minimum atomic E-state index is -0.844. The monoisotopic (exact) mass is 424 g/mol. The van der Waals surface area contributed by atoms with Crippen LogP contribution in [0.3, 0.4) is 0 Å². The van der Waals surface area contributed by atoms with Gasteiger partial charge in [0.1, 0.15) is 17.1 Å². The molecule has 1 aliphatic rings. The van der Waals surface area contributed by atoms with Crippen LogP contribution in [0.15, 0.2) is 53.2 Å². The van der Waals surface area contributed by atoms with E-state index in [1.807, 2.05) is 13.0 Å². The van der Waals surface area contributed by atoms with Crippen LogP contribution in [0.2, 0.25) is 0 Å². The molecule has 1 aromatic rings. The number of allylic oxidation sites excluding steroid dienone is 5. The highest BCUT2D eigenvalue weighted by Crippen LogP contribution is 2.38. The maximum absolute atomic E-state index is 10.8. The van der Waals surface area contributed by atoms with Crippen molar-refractivity contribution in [2.75, 3.05) is 0 Å². The number of phenolic OH excluding ortho intramolecular Hbond substituents is 1. The number of hydrogen-bond donors (Lipinski definition) is 2. The van der Waals surface area contributed by atoms with Crippen molar-refractivity contribution in [2.24, 2.45) is 0 Å². The molecule has 1 unspecified atom stereocenters. The Kier molecular flexibility index (Phi) is 8.73. The quantitative estimate of drug-likeness (QED) is 0.310. The molecule has 1 atom stereocenters. The molecule has 0 bridgehead atoms. The van der Waals surface area contributed by atoms with Crippen LogP contribution >= 0.6 is 0 Å². The molecular formula is C27H36O4. The van der Waals surface area contributed by atoms with Crippen molar-refractivity contribution >= 4 is 12.0 Å². The molecule has 0 aliphatic carbocycles. The van der Waals surface area contributed by atoms with Gasteiger partial charge in [0, 0.05) is 11.1 Å².